The number of anilines is 2. The number of halogens is 1. The molecule has 0 fully saturated rings. The Balaban J connectivity index is 1.73. The molecule has 6 nitrogen and oxygen atoms in total. The van der Waals surface area contributed by atoms with Crippen molar-refractivity contribution in [2.75, 3.05) is 23.3 Å². The number of hydrogen-bond acceptors (Lipinski definition) is 4. The summed E-state index contributed by atoms with van der Waals surface area (Å²) in [5, 5.41) is 13.8. The Labute approximate surface area is 186 Å². The zero-order valence-corrected chi connectivity index (χ0v) is 18.2. The molecule has 1 amide bonds. The molecule has 7 heteroatoms. The smallest absolute Gasteiger partial charge is 0.270 e. The van der Waals surface area contributed by atoms with Crippen LogP contribution in [0.15, 0.2) is 66.7 Å². The molecule has 0 aliphatic carbocycles. The normalized spacial score (nSPS) is 10.5. The Bertz CT molecular complexity index is 1070. The lowest BCUT2D eigenvalue weighted by molar-refractivity contribution is -0.384. The van der Waals surface area contributed by atoms with Gasteiger partial charge in [-0.1, -0.05) is 42.8 Å². The van der Waals surface area contributed by atoms with E-state index < -0.39 is 10.8 Å². The highest BCUT2D eigenvalue weighted by molar-refractivity contribution is 6.34. The van der Waals surface area contributed by atoms with Gasteiger partial charge in [-0.2, -0.15) is 0 Å². The summed E-state index contributed by atoms with van der Waals surface area (Å²) in [6.45, 7) is 6.32. The Morgan fingerprint density at radius 1 is 1.00 bits per heavy atom. The summed E-state index contributed by atoms with van der Waals surface area (Å²) in [7, 11) is 0. The fourth-order valence-electron chi connectivity index (χ4n) is 3.35. The molecule has 0 atom stereocenters. The highest BCUT2D eigenvalue weighted by Crippen LogP contribution is 2.26. The third-order valence-corrected chi connectivity index (χ3v) is 5.32. The summed E-state index contributed by atoms with van der Waals surface area (Å²) in [5.41, 5.74) is 3.75. The van der Waals surface area contributed by atoms with Crippen molar-refractivity contribution < 1.29 is 9.72 Å². The van der Waals surface area contributed by atoms with Gasteiger partial charge in [0.15, 0.2) is 0 Å². The Morgan fingerprint density at radius 2 is 1.61 bits per heavy atom. The largest absolute Gasteiger partial charge is 0.372 e. The maximum atomic E-state index is 12.5. The number of amides is 1. The zero-order valence-electron chi connectivity index (χ0n) is 17.5. The fraction of sp³-hybridized carbons (Fsp3) is 0.208. The molecule has 0 unspecified atom stereocenters. The van der Waals surface area contributed by atoms with Crippen LogP contribution in [-0.2, 0) is 0 Å². The molecular weight excluding hydrogens is 414 g/mol. The van der Waals surface area contributed by atoms with E-state index in [1.54, 1.807) is 12.1 Å². The summed E-state index contributed by atoms with van der Waals surface area (Å²) < 4.78 is 0. The van der Waals surface area contributed by atoms with Gasteiger partial charge >= 0.3 is 0 Å². The average molecular weight is 438 g/mol. The molecule has 0 aromatic heterocycles. The van der Waals surface area contributed by atoms with E-state index >= 15 is 0 Å². The van der Waals surface area contributed by atoms with E-state index in [4.69, 9.17) is 11.6 Å². The lowest BCUT2D eigenvalue weighted by Gasteiger charge is -2.22. The van der Waals surface area contributed by atoms with Crippen molar-refractivity contribution in [1.82, 2.24) is 0 Å². The van der Waals surface area contributed by atoms with Gasteiger partial charge in [0, 0.05) is 36.6 Å². The second-order valence-electron chi connectivity index (χ2n) is 7.08. The Morgan fingerprint density at radius 3 is 2.16 bits per heavy atom. The van der Waals surface area contributed by atoms with E-state index in [9.17, 15) is 14.9 Å². The number of carbonyl (C=O) groups excluding carboxylic acids is 1. The molecule has 0 radical (unpaired) electrons. The van der Waals surface area contributed by atoms with E-state index in [-0.39, 0.29) is 16.3 Å². The first kappa shape index (κ1) is 22.3. The van der Waals surface area contributed by atoms with Crippen molar-refractivity contribution >= 4 is 34.6 Å². The van der Waals surface area contributed by atoms with Gasteiger partial charge in [-0.25, -0.2) is 0 Å². The number of nitro groups is 1. The maximum absolute atomic E-state index is 12.5. The molecular formula is C24H24ClN3O3. The van der Waals surface area contributed by atoms with Gasteiger partial charge < -0.3 is 10.2 Å². The summed E-state index contributed by atoms with van der Waals surface area (Å²) in [5.74, 6) is -0.499. The lowest BCUT2D eigenvalue weighted by Crippen LogP contribution is -2.23. The van der Waals surface area contributed by atoms with Crippen molar-refractivity contribution in [1.29, 1.82) is 0 Å². The molecule has 3 rings (SSSR count). The van der Waals surface area contributed by atoms with Gasteiger partial charge in [0.2, 0.25) is 0 Å². The topological polar surface area (TPSA) is 75.5 Å². The fourth-order valence-corrected chi connectivity index (χ4v) is 3.55. The standard InChI is InChI=1S/C24H24ClN3O3/c1-3-15-27(4-2)20-11-7-18(8-12-20)17-5-9-19(10-6-17)26-24(29)22-16-21(28(30)31)13-14-23(22)25/h5-14,16H,3-4,15H2,1-2H3,(H,26,29). The molecule has 31 heavy (non-hydrogen) atoms. The Kier molecular flexibility index (Phi) is 7.26. The van der Waals surface area contributed by atoms with Crippen molar-refractivity contribution in [2.45, 2.75) is 20.3 Å². The van der Waals surface area contributed by atoms with E-state index in [0.29, 0.717) is 5.69 Å². The second kappa shape index (κ2) is 10.1. The molecule has 0 heterocycles. The number of non-ortho nitro benzene ring substituents is 1. The van der Waals surface area contributed by atoms with E-state index in [1.807, 2.05) is 12.1 Å². The third-order valence-electron chi connectivity index (χ3n) is 4.99. The van der Waals surface area contributed by atoms with Crippen LogP contribution >= 0.6 is 11.6 Å². The van der Waals surface area contributed by atoms with Crippen LogP contribution in [-0.4, -0.2) is 23.9 Å². The van der Waals surface area contributed by atoms with Gasteiger partial charge in [0.1, 0.15) is 0 Å². The van der Waals surface area contributed by atoms with Gasteiger partial charge in [0.25, 0.3) is 11.6 Å². The number of nitrogens with one attached hydrogen (secondary N) is 1. The van der Waals surface area contributed by atoms with E-state index in [2.05, 4.69) is 48.3 Å². The first-order chi connectivity index (χ1) is 14.9. The van der Waals surface area contributed by atoms with Gasteiger partial charge in [0.05, 0.1) is 15.5 Å². The minimum atomic E-state index is -0.560. The number of rotatable bonds is 8. The number of benzene rings is 3. The van der Waals surface area contributed by atoms with Crippen LogP contribution in [0.3, 0.4) is 0 Å². The number of carbonyl (C=O) groups is 1. The molecule has 0 aliphatic heterocycles. The third kappa shape index (κ3) is 5.41. The predicted molar refractivity (Wildman–Crippen MR) is 126 cm³/mol. The van der Waals surface area contributed by atoms with E-state index in [1.165, 1.54) is 23.9 Å². The van der Waals surface area contributed by atoms with E-state index in [0.717, 1.165) is 30.6 Å². The van der Waals surface area contributed by atoms with Crippen molar-refractivity contribution in [3.63, 3.8) is 0 Å². The molecule has 0 aliphatic rings. The monoisotopic (exact) mass is 437 g/mol. The molecule has 160 valence electrons. The minimum Gasteiger partial charge on any atom is -0.372 e. The van der Waals surface area contributed by atoms with Crippen molar-refractivity contribution in [2.24, 2.45) is 0 Å². The van der Waals surface area contributed by atoms with Gasteiger partial charge in [-0.3, -0.25) is 14.9 Å². The molecule has 0 saturated carbocycles. The van der Waals surface area contributed by atoms with Gasteiger partial charge in [-0.15, -0.1) is 0 Å². The van der Waals surface area contributed by atoms with Crippen LogP contribution < -0.4 is 10.2 Å². The summed E-state index contributed by atoms with van der Waals surface area (Å²) in [6.07, 6.45) is 1.10. The predicted octanol–water partition coefficient (Wildman–Crippen LogP) is 6.40. The highest BCUT2D eigenvalue weighted by atomic mass is 35.5. The Hall–Kier alpha value is -3.38. The first-order valence-electron chi connectivity index (χ1n) is 10.1. The summed E-state index contributed by atoms with van der Waals surface area (Å²) in [6, 6.07) is 19.6. The second-order valence-corrected chi connectivity index (χ2v) is 7.49. The maximum Gasteiger partial charge on any atom is 0.270 e. The van der Waals surface area contributed by atoms with Crippen molar-refractivity contribution in [3.05, 3.63) is 87.4 Å². The van der Waals surface area contributed by atoms with Crippen LogP contribution in [0.5, 0.6) is 0 Å². The molecule has 1 N–H and O–H groups in total. The van der Waals surface area contributed by atoms with Crippen LogP contribution in [0.25, 0.3) is 11.1 Å². The zero-order chi connectivity index (χ0) is 22.4. The van der Waals surface area contributed by atoms with Crippen LogP contribution in [0.1, 0.15) is 30.6 Å². The molecule has 0 saturated heterocycles. The van der Waals surface area contributed by atoms with Crippen LogP contribution in [0.4, 0.5) is 17.1 Å². The molecule has 3 aromatic rings. The van der Waals surface area contributed by atoms with Crippen LogP contribution in [0, 0.1) is 10.1 Å². The minimum absolute atomic E-state index is 0.0584. The number of hydrogen-bond donors (Lipinski definition) is 1. The SMILES string of the molecule is CCCN(CC)c1ccc(-c2ccc(NC(=O)c3cc([N+](=O)[O-])ccc3Cl)cc2)cc1. The molecule has 3 aromatic carbocycles. The van der Waals surface area contributed by atoms with Crippen LogP contribution in [0.2, 0.25) is 5.02 Å². The van der Waals surface area contributed by atoms with Crippen molar-refractivity contribution in [3.8, 4) is 11.1 Å². The van der Waals surface area contributed by atoms with Gasteiger partial charge in [-0.05, 0) is 54.8 Å². The highest BCUT2D eigenvalue weighted by Gasteiger charge is 2.16. The first-order valence-corrected chi connectivity index (χ1v) is 10.5. The number of nitrogens with zero attached hydrogens (tertiary/aromatic N) is 2. The molecule has 0 bridgehead atoms. The molecule has 0 spiro atoms. The average Bonchev–Trinajstić information content (AvgIpc) is 2.78. The quantitative estimate of drug-likeness (QED) is 0.326. The lowest BCUT2D eigenvalue weighted by atomic mass is 10.0. The summed E-state index contributed by atoms with van der Waals surface area (Å²) in [4.78, 5) is 25.3. The number of nitro benzene ring substituents is 1. The summed E-state index contributed by atoms with van der Waals surface area (Å²) >= 11 is 6.05.